The molecule has 4 atom stereocenters. The van der Waals surface area contributed by atoms with E-state index in [4.69, 9.17) is 9.47 Å². The molecule has 4 nitrogen and oxygen atoms in total. The molecule has 3 aliphatic carbocycles. The van der Waals surface area contributed by atoms with Gasteiger partial charge in [0.2, 0.25) is 0 Å². The van der Waals surface area contributed by atoms with Crippen molar-refractivity contribution in [2.75, 3.05) is 6.61 Å². The molecule has 0 aromatic rings. The lowest BCUT2D eigenvalue weighted by atomic mass is 9.52. The van der Waals surface area contributed by atoms with E-state index < -0.39 is 5.60 Å². The predicted molar refractivity (Wildman–Crippen MR) is 87.0 cm³/mol. The van der Waals surface area contributed by atoms with Crippen LogP contribution >= 0.6 is 0 Å². The highest BCUT2D eigenvalue weighted by Gasteiger charge is 2.73. The van der Waals surface area contributed by atoms with Crippen LogP contribution in [0.4, 0.5) is 0 Å². The monoisotopic (exact) mass is 326 g/mol. The number of cyclic esters (lactones) is 1. The summed E-state index contributed by atoms with van der Waals surface area (Å²) in [5.74, 6) is 0.305. The van der Waals surface area contributed by atoms with E-state index >= 15 is 0 Å². The van der Waals surface area contributed by atoms with Crippen LogP contribution in [0.15, 0.2) is 34.4 Å². The number of carbonyl (C=O) groups is 2. The molecule has 0 N–H and O–H groups in total. The Bertz CT molecular complexity index is 783. The Morgan fingerprint density at radius 3 is 2.79 bits per heavy atom. The lowest BCUT2D eigenvalue weighted by Crippen LogP contribution is -2.50. The molecule has 0 radical (unpaired) electrons. The highest BCUT2D eigenvalue weighted by molar-refractivity contribution is 6.09. The smallest absolute Gasteiger partial charge is 0.334 e. The van der Waals surface area contributed by atoms with E-state index in [-0.39, 0.29) is 35.1 Å². The van der Waals surface area contributed by atoms with Gasteiger partial charge < -0.3 is 9.47 Å². The highest BCUT2D eigenvalue weighted by atomic mass is 16.6. The summed E-state index contributed by atoms with van der Waals surface area (Å²) in [5.41, 5.74) is 3.07. The van der Waals surface area contributed by atoms with Crippen molar-refractivity contribution in [3.05, 3.63) is 34.4 Å². The van der Waals surface area contributed by atoms with Crippen LogP contribution in [0, 0.1) is 17.3 Å². The first-order chi connectivity index (χ1) is 11.4. The molecular weight excluding hydrogens is 304 g/mol. The Morgan fingerprint density at radius 2 is 2.04 bits per heavy atom. The van der Waals surface area contributed by atoms with E-state index in [2.05, 4.69) is 26.8 Å². The molecule has 5 aliphatic rings. The Labute approximate surface area is 141 Å². The largest absolute Gasteiger partial charge is 0.458 e. The summed E-state index contributed by atoms with van der Waals surface area (Å²) in [6, 6.07) is 0. The van der Waals surface area contributed by atoms with Gasteiger partial charge in [-0.2, -0.15) is 0 Å². The van der Waals surface area contributed by atoms with Crippen LogP contribution in [0.5, 0.6) is 0 Å². The molecule has 0 unspecified atom stereocenters. The van der Waals surface area contributed by atoms with E-state index in [1.807, 2.05) is 6.08 Å². The van der Waals surface area contributed by atoms with E-state index in [1.165, 1.54) is 0 Å². The zero-order valence-corrected chi connectivity index (χ0v) is 14.3. The molecule has 1 spiro atoms. The summed E-state index contributed by atoms with van der Waals surface area (Å²) < 4.78 is 11.4. The minimum absolute atomic E-state index is 0.0861. The zero-order chi connectivity index (χ0) is 16.9. The van der Waals surface area contributed by atoms with E-state index in [1.54, 1.807) is 0 Å². The fraction of sp³-hybridized carbons (Fsp3) is 0.600. The fourth-order valence-corrected chi connectivity index (χ4v) is 5.49. The van der Waals surface area contributed by atoms with Gasteiger partial charge in [-0.25, -0.2) is 4.79 Å². The molecule has 0 aromatic carbocycles. The average molecular weight is 326 g/mol. The van der Waals surface area contributed by atoms with Crippen molar-refractivity contribution in [3.8, 4) is 0 Å². The van der Waals surface area contributed by atoms with Crippen LogP contribution in [0.1, 0.15) is 40.0 Å². The first-order valence-corrected chi connectivity index (χ1v) is 8.94. The Hall–Kier alpha value is -1.68. The van der Waals surface area contributed by atoms with Gasteiger partial charge in [0.1, 0.15) is 12.7 Å². The molecular formula is C20H22O4. The van der Waals surface area contributed by atoms with Gasteiger partial charge >= 0.3 is 5.97 Å². The van der Waals surface area contributed by atoms with Crippen LogP contribution in [0.3, 0.4) is 0 Å². The average Bonchev–Trinajstić information content (AvgIpc) is 3.13. The molecule has 5 rings (SSSR count). The first-order valence-electron chi connectivity index (χ1n) is 8.94. The maximum atomic E-state index is 13.1. The molecule has 4 heteroatoms. The second kappa shape index (κ2) is 4.29. The van der Waals surface area contributed by atoms with Gasteiger partial charge in [-0.05, 0) is 41.7 Å². The molecule has 0 amide bonds. The highest BCUT2D eigenvalue weighted by Crippen LogP contribution is 2.67. The van der Waals surface area contributed by atoms with Crippen LogP contribution in [0.2, 0.25) is 0 Å². The van der Waals surface area contributed by atoms with Crippen molar-refractivity contribution >= 4 is 11.8 Å². The normalized spacial score (nSPS) is 42.7. The number of hydrogen-bond donors (Lipinski definition) is 0. The number of ether oxygens (including phenoxy) is 2. The Balaban J connectivity index is 1.65. The van der Waals surface area contributed by atoms with Gasteiger partial charge in [-0.3, -0.25) is 4.79 Å². The topological polar surface area (TPSA) is 55.9 Å². The number of epoxide rings is 1. The zero-order valence-electron chi connectivity index (χ0n) is 14.3. The lowest BCUT2D eigenvalue weighted by molar-refractivity contribution is -0.136. The van der Waals surface area contributed by atoms with Gasteiger partial charge in [0.15, 0.2) is 11.4 Å². The molecule has 2 aliphatic heterocycles. The minimum atomic E-state index is -0.736. The van der Waals surface area contributed by atoms with Crippen LogP contribution in [0.25, 0.3) is 0 Å². The van der Waals surface area contributed by atoms with Gasteiger partial charge in [0, 0.05) is 17.1 Å². The third-order valence-corrected chi connectivity index (χ3v) is 6.88. The Kier molecular flexibility index (Phi) is 2.62. The number of hydrogen-bond acceptors (Lipinski definition) is 4. The number of esters is 1. The molecule has 126 valence electrons. The molecule has 24 heavy (non-hydrogen) atoms. The van der Waals surface area contributed by atoms with Crippen LogP contribution < -0.4 is 0 Å². The predicted octanol–water partition coefficient (Wildman–Crippen LogP) is 2.89. The third kappa shape index (κ3) is 1.49. The summed E-state index contributed by atoms with van der Waals surface area (Å²) in [6.07, 6.45) is 6.59. The minimum Gasteiger partial charge on any atom is -0.458 e. The summed E-state index contributed by atoms with van der Waals surface area (Å²) >= 11 is 0. The number of ketones is 1. The number of fused-ring (bicyclic) bond motifs is 3. The summed E-state index contributed by atoms with van der Waals surface area (Å²) in [5, 5.41) is 0. The van der Waals surface area contributed by atoms with Crippen molar-refractivity contribution in [1.29, 1.82) is 0 Å². The molecule has 2 heterocycles. The summed E-state index contributed by atoms with van der Waals surface area (Å²) in [6.45, 7) is 6.76. The molecule has 1 saturated heterocycles. The molecule has 1 saturated carbocycles. The van der Waals surface area contributed by atoms with Crippen LogP contribution in [-0.2, 0) is 19.1 Å². The summed E-state index contributed by atoms with van der Waals surface area (Å²) in [7, 11) is 0. The van der Waals surface area contributed by atoms with Crippen molar-refractivity contribution in [2.24, 2.45) is 17.3 Å². The van der Waals surface area contributed by atoms with Crippen molar-refractivity contribution < 1.29 is 19.1 Å². The standard InChI is InChI=1S/C20H22O4/c1-10(2)12-4-5-14-19(3)7-6-11-9-23-18(22)16(11)13(19)8-15-20(14,24-15)17(12)21/h4-5,10,13,15H,6-9H2,1-3H3/t13-,15-,19-,20+/m0/s1. The van der Waals surface area contributed by atoms with Gasteiger partial charge in [0.05, 0.1) is 0 Å². The Morgan fingerprint density at radius 1 is 1.25 bits per heavy atom. The lowest BCUT2D eigenvalue weighted by Gasteiger charge is -2.48. The molecule has 0 bridgehead atoms. The maximum absolute atomic E-state index is 13.1. The number of allylic oxidation sites excluding steroid dienone is 2. The van der Waals surface area contributed by atoms with Gasteiger partial charge in [0.25, 0.3) is 0 Å². The first kappa shape index (κ1) is 14.6. The molecule has 2 fully saturated rings. The van der Waals surface area contributed by atoms with Crippen LogP contribution in [-0.4, -0.2) is 30.1 Å². The second-order valence-electron chi connectivity index (χ2n) is 8.33. The van der Waals surface area contributed by atoms with E-state index in [9.17, 15) is 9.59 Å². The summed E-state index contributed by atoms with van der Waals surface area (Å²) in [4.78, 5) is 25.4. The number of carbonyl (C=O) groups excluding carboxylic acids is 2. The maximum Gasteiger partial charge on any atom is 0.334 e. The van der Waals surface area contributed by atoms with Crippen molar-refractivity contribution in [2.45, 2.75) is 51.7 Å². The van der Waals surface area contributed by atoms with Gasteiger partial charge in [-0.15, -0.1) is 0 Å². The SMILES string of the molecule is CC(C)C1=CC=C2[C@]3(O[C@H]3C[C@H]3C4=C(CC[C@]23C)COC4=O)C1=O. The number of Topliss-reactive ketones (excluding diaryl/α,β-unsaturated/α-hetero) is 1. The van der Waals surface area contributed by atoms with Gasteiger partial charge in [-0.1, -0.05) is 32.9 Å². The van der Waals surface area contributed by atoms with Crippen molar-refractivity contribution in [3.63, 3.8) is 0 Å². The van der Waals surface area contributed by atoms with Crippen molar-refractivity contribution in [1.82, 2.24) is 0 Å². The molecule has 0 aromatic heterocycles. The van der Waals surface area contributed by atoms with E-state index in [0.717, 1.165) is 41.6 Å². The second-order valence-corrected chi connectivity index (χ2v) is 8.33. The quantitative estimate of drug-likeness (QED) is 0.549. The number of rotatable bonds is 1. The van der Waals surface area contributed by atoms with E-state index in [0.29, 0.717) is 6.61 Å². The third-order valence-electron chi connectivity index (χ3n) is 6.88. The fourth-order valence-electron chi connectivity index (χ4n) is 5.49.